The van der Waals surface area contributed by atoms with Crippen LogP contribution in [0.1, 0.15) is 194 Å². The lowest BCUT2D eigenvalue weighted by Crippen LogP contribution is -2.44. The fourth-order valence-electron chi connectivity index (χ4n) is 6.91. The summed E-state index contributed by atoms with van der Waals surface area (Å²) < 4.78 is 22.6. The molecule has 2 unspecified atom stereocenters. The topological polar surface area (TPSA) is 111 Å². The maximum Gasteiger partial charge on any atom is 0.306 e. The average Bonchev–Trinajstić information content (AvgIpc) is 3.31. The van der Waals surface area contributed by atoms with E-state index in [0.29, 0.717) is 23.9 Å². The van der Waals surface area contributed by atoms with Gasteiger partial charge in [0.15, 0.2) is 12.4 Å². The molecule has 0 spiro atoms. The number of hydrogen-bond donors (Lipinski definition) is 0. The molecule has 0 heterocycles. The van der Waals surface area contributed by atoms with E-state index in [-0.39, 0.29) is 38.6 Å². The molecule has 0 saturated carbocycles. The number of carbonyl (C=O) groups excluding carboxylic acids is 3. The lowest BCUT2D eigenvalue weighted by molar-refractivity contribution is -0.870. The summed E-state index contributed by atoms with van der Waals surface area (Å²) in [5, 5.41) is 11.8. The molecular weight excluding hydrogens is 863 g/mol. The number of carboxylic acid groups (broad SMARTS) is 1. The van der Waals surface area contributed by atoms with Gasteiger partial charge in [-0.1, -0.05) is 194 Å². The Morgan fingerprint density at radius 2 is 0.783 bits per heavy atom. The van der Waals surface area contributed by atoms with Crippen LogP contribution in [0.2, 0.25) is 0 Å². The summed E-state index contributed by atoms with van der Waals surface area (Å²) in [5.74, 6) is -2.33. The first-order valence-corrected chi connectivity index (χ1v) is 27.0. The van der Waals surface area contributed by atoms with Crippen LogP contribution >= 0.6 is 0 Å². The first-order valence-electron chi connectivity index (χ1n) is 27.0. The van der Waals surface area contributed by atoms with E-state index in [1.54, 1.807) is 0 Å². The van der Waals surface area contributed by atoms with Crippen LogP contribution in [0, 0.1) is 0 Å². The molecule has 2 atom stereocenters. The van der Waals surface area contributed by atoms with Crippen LogP contribution in [-0.2, 0) is 33.3 Å². The molecule has 0 rings (SSSR count). The second-order valence-corrected chi connectivity index (χ2v) is 18.8. The van der Waals surface area contributed by atoms with Crippen LogP contribution < -0.4 is 5.11 Å². The summed E-state index contributed by atoms with van der Waals surface area (Å²) in [6, 6.07) is 0. The molecule has 0 N–H and O–H groups in total. The zero-order valence-electron chi connectivity index (χ0n) is 44.4. The number of carboxylic acids is 1. The van der Waals surface area contributed by atoms with Gasteiger partial charge in [0, 0.05) is 12.8 Å². The van der Waals surface area contributed by atoms with Crippen molar-refractivity contribution < 1.29 is 42.9 Å². The van der Waals surface area contributed by atoms with Gasteiger partial charge in [0.1, 0.15) is 13.2 Å². The van der Waals surface area contributed by atoms with Crippen LogP contribution in [0.3, 0.4) is 0 Å². The molecule has 0 saturated heterocycles. The van der Waals surface area contributed by atoms with Gasteiger partial charge in [-0.05, 0) is 96.3 Å². The first-order chi connectivity index (χ1) is 33.6. The fourth-order valence-corrected chi connectivity index (χ4v) is 6.91. The smallest absolute Gasteiger partial charge is 0.306 e. The molecule has 0 aromatic carbocycles. The third-order valence-electron chi connectivity index (χ3n) is 11.0. The monoisotopic (exact) mass is 962 g/mol. The summed E-state index contributed by atoms with van der Waals surface area (Å²) in [4.78, 5) is 37.2. The van der Waals surface area contributed by atoms with E-state index in [1.807, 2.05) is 21.1 Å². The number of hydrogen-bond acceptors (Lipinski definition) is 8. The maximum absolute atomic E-state index is 12.8. The summed E-state index contributed by atoms with van der Waals surface area (Å²) in [5.41, 5.74) is 0. The number of ether oxygens (including phenoxy) is 4. The number of aliphatic carboxylic acids is 1. The van der Waals surface area contributed by atoms with Crippen molar-refractivity contribution in [2.75, 3.05) is 47.5 Å². The molecule has 0 fully saturated rings. The Bertz CT molecular complexity index is 1490. The number of allylic oxidation sites excluding steroid dienone is 18. The van der Waals surface area contributed by atoms with E-state index >= 15 is 0 Å². The second kappa shape index (κ2) is 50.3. The maximum atomic E-state index is 12.8. The summed E-state index contributed by atoms with van der Waals surface area (Å²) >= 11 is 0. The van der Waals surface area contributed by atoms with Crippen molar-refractivity contribution in [3.05, 3.63) is 109 Å². The molecule has 0 aliphatic carbocycles. The predicted octanol–water partition coefficient (Wildman–Crippen LogP) is 14.2. The van der Waals surface area contributed by atoms with E-state index < -0.39 is 24.3 Å². The highest BCUT2D eigenvalue weighted by Crippen LogP contribution is 2.14. The van der Waals surface area contributed by atoms with E-state index in [0.717, 1.165) is 109 Å². The van der Waals surface area contributed by atoms with Crippen LogP contribution in [0.4, 0.5) is 0 Å². The van der Waals surface area contributed by atoms with Gasteiger partial charge in [-0.25, -0.2) is 0 Å². The van der Waals surface area contributed by atoms with Crippen LogP contribution in [0.15, 0.2) is 109 Å². The number of likely N-dealkylation sites (N-methyl/N-ethyl adjacent to an activating group) is 1. The highest BCUT2D eigenvalue weighted by atomic mass is 16.7. The largest absolute Gasteiger partial charge is 0.545 e. The van der Waals surface area contributed by atoms with Crippen molar-refractivity contribution in [2.45, 2.75) is 206 Å². The minimum Gasteiger partial charge on any atom is -0.545 e. The molecule has 0 bridgehead atoms. The van der Waals surface area contributed by atoms with Crippen molar-refractivity contribution in [3.63, 3.8) is 0 Å². The number of esters is 2. The molecule has 0 amide bonds. The Kier molecular flexibility index (Phi) is 47.4. The van der Waals surface area contributed by atoms with Crippen molar-refractivity contribution in [1.82, 2.24) is 0 Å². The standard InChI is InChI=1S/C60H99NO8/c1-6-8-10-12-14-16-18-20-22-24-25-26-27-28-29-30-31-32-33-35-37-39-41-43-45-47-49-51-58(63)69-56(55-68-60(59(64)65)66-53-52-61(3,4)5)54-67-57(62)50-48-46-44-42-40-38-36-34-23-21-19-17-15-13-11-9-7-2/h8-11,14-17,20-23,25-26,28-29,36,38,56,60H,6-7,12-13,18-19,24,27,30-35,37,39-55H2,1-5H3/b10-8-,11-9-,16-14-,17-15-,22-20-,23-21-,26-25-,29-28-,38-36-. The lowest BCUT2D eigenvalue weighted by Gasteiger charge is -2.26. The van der Waals surface area contributed by atoms with Crippen molar-refractivity contribution in [1.29, 1.82) is 0 Å². The first kappa shape index (κ1) is 65.0. The quantitative estimate of drug-likeness (QED) is 0.0195. The number of nitrogens with zero attached hydrogens (tertiary/aromatic N) is 1. The van der Waals surface area contributed by atoms with Gasteiger partial charge in [0.05, 0.1) is 40.3 Å². The van der Waals surface area contributed by atoms with Crippen molar-refractivity contribution >= 4 is 17.9 Å². The lowest BCUT2D eigenvalue weighted by atomic mass is 10.0. The molecule has 69 heavy (non-hydrogen) atoms. The molecular formula is C60H99NO8. The molecule has 0 aromatic rings. The fraction of sp³-hybridized carbons (Fsp3) is 0.650. The minimum atomic E-state index is -1.63. The average molecular weight is 962 g/mol. The Hall–Kier alpha value is -4.05. The molecule has 392 valence electrons. The van der Waals surface area contributed by atoms with E-state index in [2.05, 4.69) is 123 Å². The third kappa shape index (κ3) is 51.6. The van der Waals surface area contributed by atoms with Gasteiger partial charge in [0.25, 0.3) is 0 Å². The molecule has 0 aromatic heterocycles. The zero-order valence-corrected chi connectivity index (χ0v) is 44.4. The van der Waals surface area contributed by atoms with Crippen LogP contribution in [0.5, 0.6) is 0 Å². The summed E-state index contributed by atoms with van der Waals surface area (Å²) in [6.45, 7) is 4.47. The Balaban J connectivity index is 4.32. The highest BCUT2D eigenvalue weighted by molar-refractivity contribution is 5.70. The Morgan fingerprint density at radius 1 is 0.435 bits per heavy atom. The predicted molar refractivity (Wildman–Crippen MR) is 287 cm³/mol. The van der Waals surface area contributed by atoms with E-state index in [4.69, 9.17) is 18.9 Å². The summed E-state index contributed by atoms with van der Waals surface area (Å²) in [6.07, 6.45) is 65.5. The normalized spacial score (nSPS) is 13.7. The minimum absolute atomic E-state index is 0.137. The van der Waals surface area contributed by atoms with Gasteiger partial charge < -0.3 is 33.3 Å². The number of unbranched alkanes of at least 4 members (excludes halogenated alkanes) is 15. The Labute approximate surface area is 422 Å². The van der Waals surface area contributed by atoms with Crippen LogP contribution in [0.25, 0.3) is 0 Å². The molecule has 0 radical (unpaired) electrons. The van der Waals surface area contributed by atoms with Gasteiger partial charge in [-0.2, -0.15) is 0 Å². The van der Waals surface area contributed by atoms with Crippen molar-refractivity contribution in [3.8, 4) is 0 Å². The molecule has 9 nitrogen and oxygen atoms in total. The number of carbonyl (C=O) groups is 3. The van der Waals surface area contributed by atoms with Gasteiger partial charge in [-0.3, -0.25) is 9.59 Å². The van der Waals surface area contributed by atoms with Gasteiger partial charge >= 0.3 is 11.9 Å². The molecule has 9 heteroatoms. The third-order valence-corrected chi connectivity index (χ3v) is 11.0. The van der Waals surface area contributed by atoms with Crippen molar-refractivity contribution in [2.24, 2.45) is 0 Å². The second-order valence-electron chi connectivity index (χ2n) is 18.8. The van der Waals surface area contributed by atoms with E-state index in [9.17, 15) is 19.5 Å². The van der Waals surface area contributed by atoms with E-state index in [1.165, 1.54) is 44.9 Å². The SMILES string of the molecule is CC/C=C\C/C=C\C/C=C\C/C=C\C/C=C\CCCCCCCCCCCCCC(=O)OC(COC(=O)CCCCCC/C=C\C/C=C\C/C=C\C/C=C\CC)COC(OCC[N+](C)(C)C)C(=O)[O-]. The zero-order chi connectivity index (χ0) is 50.6. The highest BCUT2D eigenvalue weighted by Gasteiger charge is 2.22. The Morgan fingerprint density at radius 3 is 1.16 bits per heavy atom. The molecule has 0 aliphatic heterocycles. The van der Waals surface area contributed by atoms with Crippen LogP contribution in [-0.4, -0.2) is 82.3 Å². The van der Waals surface area contributed by atoms with Gasteiger partial charge in [0.2, 0.25) is 0 Å². The molecule has 0 aliphatic rings. The number of quaternary nitrogens is 1. The van der Waals surface area contributed by atoms with Gasteiger partial charge in [-0.15, -0.1) is 0 Å². The summed E-state index contributed by atoms with van der Waals surface area (Å²) in [7, 11) is 5.90. The number of rotatable bonds is 48.